The molecular formula is C13H27N. The second kappa shape index (κ2) is 4.65. The Kier molecular flexibility index (Phi) is 4.00. The van der Waals surface area contributed by atoms with Gasteiger partial charge in [0, 0.05) is 6.04 Å². The molecule has 0 bridgehead atoms. The first kappa shape index (κ1) is 12.0. The van der Waals surface area contributed by atoms with Crippen LogP contribution in [0.25, 0.3) is 0 Å². The summed E-state index contributed by atoms with van der Waals surface area (Å²) in [6, 6.07) is 0.785. The fourth-order valence-corrected chi connectivity index (χ4v) is 2.78. The molecule has 1 aliphatic heterocycles. The van der Waals surface area contributed by atoms with Crippen LogP contribution in [0.5, 0.6) is 0 Å². The molecule has 0 saturated carbocycles. The SMILES string of the molecule is CC(CC1NCCC1C)CC(C)(C)C. The maximum atomic E-state index is 3.62. The van der Waals surface area contributed by atoms with Crippen molar-refractivity contribution >= 4 is 0 Å². The summed E-state index contributed by atoms with van der Waals surface area (Å²) in [5, 5.41) is 3.62. The molecule has 1 nitrogen and oxygen atoms in total. The highest BCUT2D eigenvalue weighted by molar-refractivity contribution is 4.83. The first-order valence-corrected chi connectivity index (χ1v) is 6.12. The molecule has 3 atom stereocenters. The predicted octanol–water partition coefficient (Wildman–Crippen LogP) is 3.45. The molecular weight excluding hydrogens is 170 g/mol. The smallest absolute Gasteiger partial charge is 0.00957 e. The number of nitrogens with one attached hydrogen (secondary N) is 1. The van der Waals surface area contributed by atoms with Gasteiger partial charge in [0.05, 0.1) is 0 Å². The number of hydrogen-bond donors (Lipinski definition) is 1. The van der Waals surface area contributed by atoms with Crippen molar-refractivity contribution in [2.75, 3.05) is 6.54 Å². The fraction of sp³-hybridized carbons (Fsp3) is 1.00. The van der Waals surface area contributed by atoms with E-state index in [1.807, 2.05) is 0 Å². The van der Waals surface area contributed by atoms with E-state index in [0.29, 0.717) is 5.41 Å². The van der Waals surface area contributed by atoms with Crippen molar-refractivity contribution in [2.45, 2.75) is 59.9 Å². The largest absolute Gasteiger partial charge is 0.314 e. The average molecular weight is 197 g/mol. The molecule has 1 N–H and O–H groups in total. The minimum atomic E-state index is 0.487. The molecule has 0 amide bonds. The third-order valence-corrected chi connectivity index (χ3v) is 3.31. The Bertz CT molecular complexity index is 169. The molecule has 14 heavy (non-hydrogen) atoms. The van der Waals surface area contributed by atoms with Gasteiger partial charge in [0.15, 0.2) is 0 Å². The monoisotopic (exact) mass is 197 g/mol. The van der Waals surface area contributed by atoms with Crippen LogP contribution >= 0.6 is 0 Å². The van der Waals surface area contributed by atoms with Crippen molar-refractivity contribution in [1.82, 2.24) is 5.32 Å². The van der Waals surface area contributed by atoms with E-state index < -0.39 is 0 Å². The Morgan fingerprint density at radius 2 is 2.00 bits per heavy atom. The highest BCUT2D eigenvalue weighted by Gasteiger charge is 2.25. The summed E-state index contributed by atoms with van der Waals surface area (Å²) in [5.74, 6) is 1.74. The molecule has 1 heteroatoms. The minimum Gasteiger partial charge on any atom is -0.314 e. The summed E-state index contributed by atoms with van der Waals surface area (Å²) in [6.07, 6.45) is 4.07. The predicted molar refractivity (Wildman–Crippen MR) is 63.4 cm³/mol. The van der Waals surface area contributed by atoms with E-state index in [0.717, 1.165) is 17.9 Å². The molecule has 1 fully saturated rings. The van der Waals surface area contributed by atoms with Crippen LogP contribution in [-0.4, -0.2) is 12.6 Å². The van der Waals surface area contributed by atoms with Gasteiger partial charge in [-0.3, -0.25) is 0 Å². The minimum absolute atomic E-state index is 0.487. The summed E-state index contributed by atoms with van der Waals surface area (Å²) in [5.41, 5.74) is 0.487. The molecule has 3 unspecified atom stereocenters. The average Bonchev–Trinajstić information content (AvgIpc) is 2.32. The first-order chi connectivity index (χ1) is 6.38. The molecule has 0 radical (unpaired) electrons. The molecule has 84 valence electrons. The van der Waals surface area contributed by atoms with Crippen LogP contribution in [0.4, 0.5) is 0 Å². The van der Waals surface area contributed by atoms with Gasteiger partial charge in [0.25, 0.3) is 0 Å². The molecule has 1 aliphatic rings. The van der Waals surface area contributed by atoms with Crippen LogP contribution in [0, 0.1) is 17.3 Å². The molecule has 1 rings (SSSR count). The lowest BCUT2D eigenvalue weighted by atomic mass is 9.81. The second-order valence-corrected chi connectivity index (χ2v) is 6.43. The van der Waals surface area contributed by atoms with E-state index in [4.69, 9.17) is 0 Å². The number of rotatable bonds is 3. The fourth-order valence-electron chi connectivity index (χ4n) is 2.78. The van der Waals surface area contributed by atoms with E-state index in [-0.39, 0.29) is 0 Å². The van der Waals surface area contributed by atoms with Gasteiger partial charge in [0.1, 0.15) is 0 Å². The first-order valence-electron chi connectivity index (χ1n) is 6.12. The van der Waals surface area contributed by atoms with Gasteiger partial charge in [0.2, 0.25) is 0 Å². The lowest BCUT2D eigenvalue weighted by Gasteiger charge is -2.26. The summed E-state index contributed by atoms with van der Waals surface area (Å²) < 4.78 is 0. The van der Waals surface area contributed by atoms with E-state index in [9.17, 15) is 0 Å². The van der Waals surface area contributed by atoms with Crippen LogP contribution in [0.2, 0.25) is 0 Å². The Labute approximate surface area is 89.7 Å². The Hall–Kier alpha value is -0.0400. The van der Waals surface area contributed by atoms with Crippen molar-refractivity contribution in [2.24, 2.45) is 17.3 Å². The molecule has 1 heterocycles. The van der Waals surface area contributed by atoms with Gasteiger partial charge in [-0.15, -0.1) is 0 Å². The molecule has 0 spiro atoms. The van der Waals surface area contributed by atoms with Crippen molar-refractivity contribution < 1.29 is 0 Å². The highest BCUT2D eigenvalue weighted by atomic mass is 14.9. The van der Waals surface area contributed by atoms with Gasteiger partial charge < -0.3 is 5.32 Å². The Balaban J connectivity index is 2.29. The normalized spacial score (nSPS) is 30.6. The van der Waals surface area contributed by atoms with Gasteiger partial charge in [-0.25, -0.2) is 0 Å². The van der Waals surface area contributed by atoms with Gasteiger partial charge >= 0.3 is 0 Å². The van der Waals surface area contributed by atoms with Crippen molar-refractivity contribution in [1.29, 1.82) is 0 Å². The van der Waals surface area contributed by atoms with Crippen LogP contribution < -0.4 is 5.32 Å². The standard InChI is InChI=1S/C13H27N/c1-10(9-13(3,4)5)8-12-11(2)6-7-14-12/h10-12,14H,6-9H2,1-5H3. The summed E-state index contributed by atoms with van der Waals surface area (Å²) >= 11 is 0. The summed E-state index contributed by atoms with van der Waals surface area (Å²) in [6.45, 7) is 13.0. The van der Waals surface area contributed by atoms with Gasteiger partial charge in [-0.05, 0) is 43.1 Å². The van der Waals surface area contributed by atoms with E-state index in [2.05, 4.69) is 39.9 Å². The maximum Gasteiger partial charge on any atom is 0.00957 e. The van der Waals surface area contributed by atoms with Crippen molar-refractivity contribution in [3.63, 3.8) is 0 Å². The van der Waals surface area contributed by atoms with Crippen molar-refractivity contribution in [3.05, 3.63) is 0 Å². The zero-order valence-electron chi connectivity index (χ0n) is 10.6. The summed E-state index contributed by atoms with van der Waals surface area (Å²) in [4.78, 5) is 0. The zero-order valence-corrected chi connectivity index (χ0v) is 10.6. The van der Waals surface area contributed by atoms with E-state index >= 15 is 0 Å². The van der Waals surface area contributed by atoms with E-state index in [1.54, 1.807) is 0 Å². The third-order valence-electron chi connectivity index (χ3n) is 3.31. The van der Waals surface area contributed by atoms with Crippen LogP contribution in [0.15, 0.2) is 0 Å². The quantitative estimate of drug-likeness (QED) is 0.731. The van der Waals surface area contributed by atoms with Crippen molar-refractivity contribution in [3.8, 4) is 0 Å². The second-order valence-electron chi connectivity index (χ2n) is 6.43. The maximum absolute atomic E-state index is 3.62. The van der Waals surface area contributed by atoms with Crippen LogP contribution in [0.3, 0.4) is 0 Å². The molecule has 0 aliphatic carbocycles. The highest BCUT2D eigenvalue weighted by Crippen LogP contribution is 2.29. The van der Waals surface area contributed by atoms with Gasteiger partial charge in [-0.2, -0.15) is 0 Å². The topological polar surface area (TPSA) is 12.0 Å². The molecule has 0 aromatic rings. The Morgan fingerprint density at radius 1 is 1.36 bits per heavy atom. The molecule has 0 aromatic carbocycles. The number of hydrogen-bond acceptors (Lipinski definition) is 1. The van der Waals surface area contributed by atoms with Crippen LogP contribution in [0.1, 0.15) is 53.9 Å². The summed E-state index contributed by atoms with van der Waals surface area (Å²) in [7, 11) is 0. The third kappa shape index (κ3) is 4.00. The van der Waals surface area contributed by atoms with E-state index in [1.165, 1.54) is 25.8 Å². The Morgan fingerprint density at radius 3 is 2.43 bits per heavy atom. The zero-order chi connectivity index (χ0) is 10.8. The molecule has 0 aromatic heterocycles. The van der Waals surface area contributed by atoms with Gasteiger partial charge in [-0.1, -0.05) is 34.6 Å². The lowest BCUT2D eigenvalue weighted by Crippen LogP contribution is -2.28. The lowest BCUT2D eigenvalue weighted by molar-refractivity contribution is 0.269. The molecule has 1 saturated heterocycles. The van der Waals surface area contributed by atoms with Crippen LogP contribution in [-0.2, 0) is 0 Å².